The van der Waals surface area contributed by atoms with Gasteiger partial charge in [-0.2, -0.15) is 0 Å². The van der Waals surface area contributed by atoms with Gasteiger partial charge in [-0.1, -0.05) is 40.5 Å². The average Bonchev–Trinajstić information content (AvgIpc) is 2.56. The third-order valence-electron chi connectivity index (χ3n) is 3.72. The lowest BCUT2D eigenvalue weighted by molar-refractivity contribution is 0.237. The molecule has 1 unspecified atom stereocenters. The van der Waals surface area contributed by atoms with E-state index in [2.05, 4.69) is 21.2 Å². The molecule has 0 bridgehead atoms. The molecule has 2 rings (SSSR count). The van der Waals surface area contributed by atoms with Crippen LogP contribution in [0.25, 0.3) is 0 Å². The predicted molar refractivity (Wildman–Crippen MR) is 97.9 cm³/mol. The second-order valence-electron chi connectivity index (χ2n) is 5.45. The van der Waals surface area contributed by atoms with Gasteiger partial charge in [-0.05, 0) is 36.8 Å². The molecule has 0 aliphatic rings. The zero-order valence-corrected chi connectivity index (χ0v) is 15.7. The maximum atomic E-state index is 13.1. The summed E-state index contributed by atoms with van der Waals surface area (Å²) in [7, 11) is 0. The van der Waals surface area contributed by atoms with E-state index in [0.29, 0.717) is 11.6 Å². The Kier molecular flexibility index (Phi) is 7.49. The first-order valence-electron chi connectivity index (χ1n) is 7.72. The van der Waals surface area contributed by atoms with Crippen molar-refractivity contribution in [2.75, 3.05) is 6.61 Å². The number of hydrogen-bond donors (Lipinski definition) is 2. The lowest BCUT2D eigenvalue weighted by atomic mass is 10.1. The van der Waals surface area contributed by atoms with E-state index in [0.717, 1.165) is 27.8 Å². The van der Waals surface area contributed by atoms with Gasteiger partial charge in [-0.3, -0.25) is 0 Å². The van der Waals surface area contributed by atoms with E-state index < -0.39 is 0 Å². The predicted octanol–water partition coefficient (Wildman–Crippen LogP) is 4.68. The maximum Gasteiger partial charge on any atom is 0.124 e. The monoisotopic (exact) mass is 415 g/mol. The highest BCUT2D eigenvalue weighted by Gasteiger charge is 2.10. The van der Waals surface area contributed by atoms with Crippen molar-refractivity contribution in [3.05, 3.63) is 62.8 Å². The minimum Gasteiger partial charge on any atom is -0.489 e. The number of nitrogens with one attached hydrogen (secondary N) is 1. The Morgan fingerprint density at radius 1 is 1.25 bits per heavy atom. The molecule has 130 valence electrons. The zero-order valence-electron chi connectivity index (χ0n) is 13.4. The number of aliphatic hydroxyl groups is 1. The molecule has 0 heterocycles. The molecule has 0 saturated carbocycles. The molecule has 0 saturated heterocycles. The molecule has 2 N–H and O–H groups in total. The van der Waals surface area contributed by atoms with Crippen molar-refractivity contribution in [1.82, 2.24) is 5.32 Å². The highest BCUT2D eigenvalue weighted by molar-refractivity contribution is 9.10. The van der Waals surface area contributed by atoms with Crippen LogP contribution in [0.5, 0.6) is 5.75 Å². The normalized spacial score (nSPS) is 12.2. The lowest BCUT2D eigenvalue weighted by Crippen LogP contribution is -2.31. The SMILES string of the molecule is CCC(CO)NCc1cc(Br)ccc1OCc1ccc(F)cc1Cl. The number of rotatable bonds is 8. The molecule has 2 aromatic rings. The molecular formula is C18H20BrClFNO2. The van der Waals surface area contributed by atoms with Gasteiger partial charge in [0.1, 0.15) is 18.2 Å². The first-order valence-corrected chi connectivity index (χ1v) is 8.90. The van der Waals surface area contributed by atoms with Crippen molar-refractivity contribution in [3.63, 3.8) is 0 Å². The van der Waals surface area contributed by atoms with Crippen LogP contribution < -0.4 is 10.1 Å². The number of hydrogen-bond acceptors (Lipinski definition) is 3. The Bertz CT molecular complexity index is 680. The van der Waals surface area contributed by atoms with Gasteiger partial charge in [-0.25, -0.2) is 4.39 Å². The molecule has 6 heteroatoms. The third-order valence-corrected chi connectivity index (χ3v) is 4.56. The Hall–Kier alpha value is -1.14. The molecule has 24 heavy (non-hydrogen) atoms. The van der Waals surface area contributed by atoms with Crippen molar-refractivity contribution in [2.45, 2.75) is 32.5 Å². The van der Waals surface area contributed by atoms with Crippen LogP contribution in [0.4, 0.5) is 4.39 Å². The van der Waals surface area contributed by atoms with E-state index in [9.17, 15) is 9.50 Å². The van der Waals surface area contributed by atoms with Crippen molar-refractivity contribution in [3.8, 4) is 5.75 Å². The summed E-state index contributed by atoms with van der Waals surface area (Å²) < 4.78 is 19.9. The van der Waals surface area contributed by atoms with Gasteiger partial charge in [0.2, 0.25) is 0 Å². The molecule has 2 aromatic carbocycles. The van der Waals surface area contributed by atoms with Crippen LogP contribution in [-0.4, -0.2) is 17.8 Å². The van der Waals surface area contributed by atoms with Gasteiger partial charge in [0.05, 0.1) is 11.6 Å². The summed E-state index contributed by atoms with van der Waals surface area (Å²) in [6, 6.07) is 10.0. The first kappa shape index (κ1) is 19.2. The minimum absolute atomic E-state index is 0.0448. The van der Waals surface area contributed by atoms with Crippen LogP contribution in [-0.2, 0) is 13.2 Å². The van der Waals surface area contributed by atoms with Gasteiger partial charge in [0.15, 0.2) is 0 Å². The van der Waals surface area contributed by atoms with Gasteiger partial charge >= 0.3 is 0 Å². The van der Waals surface area contributed by atoms with Gasteiger partial charge < -0.3 is 15.2 Å². The van der Waals surface area contributed by atoms with E-state index in [1.54, 1.807) is 6.07 Å². The fourth-order valence-corrected chi connectivity index (χ4v) is 2.84. The Morgan fingerprint density at radius 2 is 2.04 bits per heavy atom. The minimum atomic E-state index is -0.369. The summed E-state index contributed by atoms with van der Waals surface area (Å²) in [4.78, 5) is 0. The fraction of sp³-hybridized carbons (Fsp3) is 0.333. The smallest absolute Gasteiger partial charge is 0.124 e. The molecule has 3 nitrogen and oxygen atoms in total. The van der Waals surface area contributed by atoms with Crippen LogP contribution in [0.3, 0.4) is 0 Å². The highest BCUT2D eigenvalue weighted by atomic mass is 79.9. The van der Waals surface area contributed by atoms with Gasteiger partial charge in [0.25, 0.3) is 0 Å². The molecule has 0 fully saturated rings. The number of aliphatic hydroxyl groups excluding tert-OH is 1. The topological polar surface area (TPSA) is 41.5 Å². The standard InChI is InChI=1S/C18H20BrClFNO2/c1-2-16(10-23)22-9-13-7-14(19)4-6-18(13)24-11-12-3-5-15(21)8-17(12)20/h3-8,16,22-23H,2,9-11H2,1H3. The molecule has 1 atom stereocenters. The summed E-state index contributed by atoms with van der Waals surface area (Å²) in [5.74, 6) is 0.353. The van der Waals surface area contributed by atoms with E-state index in [4.69, 9.17) is 16.3 Å². The van der Waals surface area contributed by atoms with Crippen molar-refractivity contribution in [1.29, 1.82) is 0 Å². The van der Waals surface area contributed by atoms with E-state index in [1.807, 2.05) is 25.1 Å². The molecule has 0 amide bonds. The molecule has 0 spiro atoms. The summed E-state index contributed by atoms with van der Waals surface area (Å²) >= 11 is 9.49. The highest BCUT2D eigenvalue weighted by Crippen LogP contribution is 2.26. The van der Waals surface area contributed by atoms with Crippen molar-refractivity contribution < 1.29 is 14.2 Å². The van der Waals surface area contributed by atoms with E-state index >= 15 is 0 Å². The first-order chi connectivity index (χ1) is 11.5. The van der Waals surface area contributed by atoms with Crippen LogP contribution in [0.15, 0.2) is 40.9 Å². The fourth-order valence-electron chi connectivity index (χ4n) is 2.21. The summed E-state index contributed by atoms with van der Waals surface area (Å²) in [5, 5.41) is 12.9. The number of halogens is 3. The van der Waals surface area contributed by atoms with Gasteiger partial charge in [0, 0.05) is 28.2 Å². The summed E-state index contributed by atoms with van der Waals surface area (Å²) in [5.41, 5.74) is 1.69. The van der Waals surface area contributed by atoms with E-state index in [1.165, 1.54) is 12.1 Å². The van der Waals surface area contributed by atoms with E-state index in [-0.39, 0.29) is 25.1 Å². The van der Waals surface area contributed by atoms with Crippen LogP contribution >= 0.6 is 27.5 Å². The molecule has 0 aliphatic heterocycles. The molecular weight excluding hydrogens is 397 g/mol. The molecule has 0 aromatic heterocycles. The van der Waals surface area contributed by atoms with Crippen LogP contribution in [0.1, 0.15) is 24.5 Å². The molecule has 0 aliphatic carbocycles. The van der Waals surface area contributed by atoms with Crippen molar-refractivity contribution >= 4 is 27.5 Å². The van der Waals surface area contributed by atoms with Crippen molar-refractivity contribution in [2.24, 2.45) is 0 Å². The number of ether oxygens (including phenoxy) is 1. The second-order valence-corrected chi connectivity index (χ2v) is 6.77. The Morgan fingerprint density at radius 3 is 2.71 bits per heavy atom. The average molecular weight is 417 g/mol. The number of benzene rings is 2. The summed E-state index contributed by atoms with van der Waals surface area (Å²) in [6.45, 7) is 2.94. The zero-order chi connectivity index (χ0) is 17.5. The largest absolute Gasteiger partial charge is 0.489 e. The Balaban J connectivity index is 2.08. The Labute approximate surface area is 154 Å². The summed E-state index contributed by atoms with van der Waals surface area (Å²) in [6.07, 6.45) is 0.839. The van der Waals surface area contributed by atoms with Gasteiger partial charge in [-0.15, -0.1) is 0 Å². The maximum absolute atomic E-state index is 13.1. The lowest BCUT2D eigenvalue weighted by Gasteiger charge is -2.17. The van der Waals surface area contributed by atoms with Crippen LogP contribution in [0, 0.1) is 5.82 Å². The van der Waals surface area contributed by atoms with Crippen LogP contribution in [0.2, 0.25) is 5.02 Å². The second kappa shape index (κ2) is 9.37. The molecule has 0 radical (unpaired) electrons. The third kappa shape index (κ3) is 5.45. The quantitative estimate of drug-likeness (QED) is 0.656.